The maximum atomic E-state index is 14.9. The Morgan fingerprint density at radius 1 is 1.13 bits per heavy atom. The number of nitrogens with one attached hydrogen (secondary N) is 2. The number of halogens is 2. The molecule has 5 aromatic rings. The fraction of sp³-hybridized carbons (Fsp3) is 0.455. The second-order valence-electron chi connectivity index (χ2n) is 16.0. The van der Waals surface area contributed by atoms with Gasteiger partial charge in [0, 0.05) is 76.7 Å². The normalized spacial score (nSPS) is 19.1. The van der Waals surface area contributed by atoms with Crippen LogP contribution in [-0.2, 0) is 21.4 Å². The highest BCUT2D eigenvalue weighted by Crippen LogP contribution is 2.42. The molecule has 1 saturated carbocycles. The molecule has 2 N–H and O–H groups in total. The molecule has 2 amide bonds. The Morgan fingerprint density at radius 2 is 1.94 bits per heavy atom. The topological polar surface area (TPSA) is 163 Å². The number of aryl methyl sites for hydroxylation is 1. The summed E-state index contributed by atoms with van der Waals surface area (Å²) in [6, 6.07) is 14.5. The van der Waals surface area contributed by atoms with Crippen LogP contribution in [0.25, 0.3) is 21.8 Å². The van der Waals surface area contributed by atoms with Crippen LogP contribution in [0.1, 0.15) is 69.9 Å². The number of likely N-dealkylation sites (tertiary alicyclic amines) is 1. The van der Waals surface area contributed by atoms with E-state index in [1.807, 2.05) is 18.3 Å². The first-order valence-corrected chi connectivity index (χ1v) is 21.7. The van der Waals surface area contributed by atoms with Crippen LogP contribution in [0.5, 0.6) is 11.5 Å². The lowest BCUT2D eigenvalue weighted by molar-refractivity contribution is -0.120. The van der Waals surface area contributed by atoms with E-state index in [2.05, 4.69) is 31.1 Å². The number of ether oxygens (including phenoxy) is 2. The van der Waals surface area contributed by atoms with Crippen LogP contribution < -0.4 is 25.2 Å². The molecule has 8 rings (SSSR count). The highest BCUT2D eigenvalue weighted by Gasteiger charge is 2.47. The first-order chi connectivity index (χ1) is 30.0. The highest BCUT2D eigenvalue weighted by molar-refractivity contribution is 7.98. The molecule has 0 bridgehead atoms. The number of amides is 2. The summed E-state index contributed by atoms with van der Waals surface area (Å²) in [6.07, 6.45) is 10.6. The summed E-state index contributed by atoms with van der Waals surface area (Å²) < 4.78 is 48.8. The van der Waals surface area contributed by atoms with Gasteiger partial charge in [-0.05, 0) is 74.8 Å². The maximum Gasteiger partial charge on any atom is 0.261 e. The molecule has 2 atom stereocenters. The van der Waals surface area contributed by atoms with Gasteiger partial charge in [-0.3, -0.25) is 33.4 Å². The molecule has 1 aliphatic carbocycles. The van der Waals surface area contributed by atoms with Crippen molar-refractivity contribution in [2.24, 2.45) is 7.05 Å². The van der Waals surface area contributed by atoms with Crippen LogP contribution in [-0.4, -0.2) is 99.4 Å². The Kier molecular flexibility index (Phi) is 14.1. The standard InChI is InChI=1S/C31H37FN6O3S.C13H15FN4O2/c1-3-36(2)42-35-28-12-10-26(32)29(25(28)17-33)41-23-9-11-27-24(15-23)30(39)38(20-34-27)22-16-31(40-18-22)13-14-37(19-31)21-7-5-4-6-8-21;1-15-12(20)5-6-18(8-19)13-10-7-9(14)3-4-11(10)17(2)16-13/h9-12,15,20-22,35H,3-8,13-14,16,18-19H2,1-2H3;3-4,7-8H,5-6H2,1-2H3,(H,15,20). The molecule has 3 aromatic carbocycles. The Balaban J connectivity index is 0.000000242. The number of anilines is 2. The minimum absolute atomic E-state index is 0.0444. The monoisotopic (exact) mass is 870 g/mol. The van der Waals surface area contributed by atoms with Crippen molar-refractivity contribution in [3.63, 3.8) is 0 Å². The summed E-state index contributed by atoms with van der Waals surface area (Å²) in [5, 5.41) is 17.4. The van der Waals surface area contributed by atoms with Crippen molar-refractivity contribution in [2.75, 3.05) is 56.5 Å². The van der Waals surface area contributed by atoms with Crippen LogP contribution in [0.4, 0.5) is 20.3 Å². The molecule has 328 valence electrons. The largest absolute Gasteiger partial charge is 0.453 e. The molecular weight excluding hydrogens is 819 g/mol. The molecule has 0 radical (unpaired) electrons. The van der Waals surface area contributed by atoms with Gasteiger partial charge in [0.05, 0.1) is 46.7 Å². The third-order valence-corrected chi connectivity index (χ3v) is 12.9. The molecule has 3 fully saturated rings. The molecule has 62 heavy (non-hydrogen) atoms. The molecular formula is C44H52F2N10O5S. The summed E-state index contributed by atoms with van der Waals surface area (Å²) >= 11 is 1.30. The maximum absolute atomic E-state index is 14.9. The van der Waals surface area contributed by atoms with Crippen molar-refractivity contribution in [1.29, 1.82) is 5.26 Å². The smallest absolute Gasteiger partial charge is 0.261 e. The van der Waals surface area contributed by atoms with Crippen LogP contribution >= 0.6 is 12.1 Å². The minimum Gasteiger partial charge on any atom is -0.453 e. The Labute approximate surface area is 363 Å². The fourth-order valence-electron chi connectivity index (χ4n) is 8.50. The molecule has 1 spiro atoms. The number of fused-ring (bicyclic) bond motifs is 2. The fourth-order valence-corrected chi connectivity index (χ4v) is 9.06. The van der Waals surface area contributed by atoms with Gasteiger partial charge in [-0.1, -0.05) is 26.2 Å². The number of nitriles is 1. The van der Waals surface area contributed by atoms with Gasteiger partial charge >= 0.3 is 0 Å². The van der Waals surface area contributed by atoms with Gasteiger partial charge in [-0.25, -0.2) is 18.1 Å². The van der Waals surface area contributed by atoms with Crippen molar-refractivity contribution < 1.29 is 27.8 Å². The van der Waals surface area contributed by atoms with Crippen LogP contribution in [0.2, 0.25) is 0 Å². The van der Waals surface area contributed by atoms with Gasteiger partial charge in [-0.2, -0.15) is 10.4 Å². The number of carbonyl (C=O) groups excluding carboxylic acids is 2. The predicted molar refractivity (Wildman–Crippen MR) is 235 cm³/mol. The average molecular weight is 871 g/mol. The summed E-state index contributed by atoms with van der Waals surface area (Å²) in [7, 11) is 5.14. The van der Waals surface area contributed by atoms with Gasteiger partial charge in [0.25, 0.3) is 5.56 Å². The van der Waals surface area contributed by atoms with E-state index in [1.165, 1.54) is 80.5 Å². The van der Waals surface area contributed by atoms with E-state index >= 15 is 0 Å². The molecule has 2 unspecified atom stereocenters. The van der Waals surface area contributed by atoms with E-state index in [-0.39, 0.29) is 53.1 Å². The zero-order valence-corrected chi connectivity index (χ0v) is 36.2. The third-order valence-electron chi connectivity index (χ3n) is 12.0. The number of hydrogen-bond donors (Lipinski definition) is 2. The zero-order valence-electron chi connectivity index (χ0n) is 35.4. The first-order valence-electron chi connectivity index (χ1n) is 20.9. The van der Waals surface area contributed by atoms with E-state index in [1.54, 1.807) is 46.9 Å². The van der Waals surface area contributed by atoms with E-state index < -0.39 is 11.6 Å². The summed E-state index contributed by atoms with van der Waals surface area (Å²) in [4.78, 5) is 44.6. The number of carbonyl (C=O) groups is 2. The molecule has 18 heteroatoms. The van der Waals surface area contributed by atoms with Gasteiger partial charge in [0.2, 0.25) is 12.3 Å². The lowest BCUT2D eigenvalue weighted by Crippen LogP contribution is -2.39. The average Bonchev–Trinajstić information content (AvgIpc) is 4.00. The molecule has 2 aromatic heterocycles. The van der Waals surface area contributed by atoms with Crippen molar-refractivity contribution in [3.8, 4) is 17.6 Å². The summed E-state index contributed by atoms with van der Waals surface area (Å²) in [5.74, 6) is -0.834. The molecule has 3 aliphatic rings. The molecule has 15 nitrogen and oxygen atoms in total. The van der Waals surface area contributed by atoms with Gasteiger partial charge in [0.1, 0.15) is 23.2 Å². The van der Waals surface area contributed by atoms with E-state index in [0.717, 1.165) is 32.5 Å². The zero-order chi connectivity index (χ0) is 44.0. The van der Waals surface area contributed by atoms with E-state index in [9.17, 15) is 28.4 Å². The number of hydrogen-bond acceptors (Lipinski definition) is 12. The second kappa shape index (κ2) is 19.6. The lowest BCUT2D eigenvalue weighted by Gasteiger charge is -2.32. The lowest BCUT2D eigenvalue weighted by atomic mass is 9.94. The Morgan fingerprint density at radius 3 is 2.68 bits per heavy atom. The van der Waals surface area contributed by atoms with Crippen LogP contribution in [0, 0.1) is 23.0 Å². The number of nitrogens with zero attached hydrogens (tertiary/aromatic N) is 8. The van der Waals surface area contributed by atoms with Gasteiger partial charge in [-0.15, -0.1) is 0 Å². The Bertz CT molecular complexity index is 2520. The number of rotatable bonds is 13. The van der Waals surface area contributed by atoms with Crippen molar-refractivity contribution in [3.05, 3.63) is 82.4 Å². The first kappa shape index (κ1) is 44.4. The van der Waals surface area contributed by atoms with Gasteiger partial charge < -0.3 is 19.5 Å². The summed E-state index contributed by atoms with van der Waals surface area (Å²) in [5.41, 5.74) is 1.32. The number of benzene rings is 3. The van der Waals surface area contributed by atoms with Gasteiger partial charge in [0.15, 0.2) is 17.4 Å². The number of aromatic nitrogens is 4. The van der Waals surface area contributed by atoms with Crippen molar-refractivity contribution in [2.45, 2.75) is 76.0 Å². The molecule has 2 saturated heterocycles. The van der Waals surface area contributed by atoms with E-state index in [0.29, 0.717) is 52.4 Å². The SMILES string of the molecule is CCN(C)SNc1ccc(F)c(Oc2ccc3ncn(C4COC5(CCN(C6CCCCC6)C5)C4)c(=O)c3c2)c1C#N.CNC(=O)CCN(C=O)c1nn(C)c2ccc(F)cc12. The van der Waals surface area contributed by atoms with Crippen LogP contribution in [0.15, 0.2) is 59.7 Å². The molecule has 2 aliphatic heterocycles. The third kappa shape index (κ3) is 9.71. The second-order valence-corrected chi connectivity index (χ2v) is 17.0. The molecule has 4 heterocycles. The van der Waals surface area contributed by atoms with E-state index in [4.69, 9.17) is 9.47 Å². The van der Waals surface area contributed by atoms with Crippen LogP contribution in [0.3, 0.4) is 0 Å². The Hall–Kier alpha value is -5.61. The van der Waals surface area contributed by atoms with Crippen molar-refractivity contribution in [1.82, 2.24) is 33.9 Å². The predicted octanol–water partition coefficient (Wildman–Crippen LogP) is 6.68. The quantitative estimate of drug-likeness (QED) is 0.0956. The minimum atomic E-state index is -0.665. The summed E-state index contributed by atoms with van der Waals surface area (Å²) in [6.45, 7) is 5.42. The van der Waals surface area contributed by atoms with Crippen molar-refractivity contribution >= 4 is 57.8 Å². The highest BCUT2D eigenvalue weighted by atomic mass is 32.2.